The third-order valence-corrected chi connectivity index (χ3v) is 1.62. The lowest BCUT2D eigenvalue weighted by molar-refractivity contribution is -0.104. The number of rotatable bonds is 2. The number of halogens is 1. The second-order valence-electron chi connectivity index (χ2n) is 2.49. The average molecular weight is 167 g/mol. The van der Waals surface area contributed by atoms with Crippen molar-refractivity contribution in [3.63, 3.8) is 0 Å². The molecule has 64 valence electrons. The van der Waals surface area contributed by atoms with E-state index in [1.54, 1.807) is 19.2 Å². The molecule has 0 spiro atoms. The van der Waals surface area contributed by atoms with Crippen LogP contribution in [0.25, 0.3) is 0 Å². The van der Waals surface area contributed by atoms with Gasteiger partial charge < -0.3 is 5.32 Å². The number of hydrogen-bond donors (Lipinski definition) is 1. The van der Waals surface area contributed by atoms with Crippen molar-refractivity contribution in [3.05, 3.63) is 35.3 Å². The summed E-state index contributed by atoms with van der Waals surface area (Å²) >= 11 is 0. The molecule has 0 bridgehead atoms. The first kappa shape index (κ1) is 8.71. The zero-order valence-electron chi connectivity index (χ0n) is 6.80. The summed E-state index contributed by atoms with van der Waals surface area (Å²) in [5.74, 6) is -0.300. The van der Waals surface area contributed by atoms with Crippen LogP contribution in [0.5, 0.6) is 0 Å². The maximum atomic E-state index is 12.9. The highest BCUT2D eigenvalue weighted by atomic mass is 19.1. The lowest BCUT2D eigenvalue weighted by Gasteiger charge is -2.01. The van der Waals surface area contributed by atoms with Crippen molar-refractivity contribution in [3.8, 4) is 0 Å². The van der Waals surface area contributed by atoms with E-state index in [0.29, 0.717) is 11.9 Å². The van der Waals surface area contributed by atoms with E-state index in [9.17, 15) is 9.18 Å². The van der Waals surface area contributed by atoms with Crippen molar-refractivity contribution in [1.82, 2.24) is 5.32 Å². The number of carbonyl (C=O) groups is 1. The van der Waals surface area contributed by atoms with Crippen LogP contribution in [0.1, 0.15) is 6.42 Å². The zero-order valence-corrected chi connectivity index (χ0v) is 6.80. The van der Waals surface area contributed by atoms with Crippen LogP contribution in [0.15, 0.2) is 35.3 Å². The molecule has 0 unspecified atom stereocenters. The Balaban J connectivity index is 2.92. The molecule has 0 aromatic rings. The van der Waals surface area contributed by atoms with Crippen LogP contribution in [-0.4, -0.2) is 13.3 Å². The number of carbonyl (C=O) groups excluding carboxylic acids is 1. The van der Waals surface area contributed by atoms with Gasteiger partial charge >= 0.3 is 0 Å². The monoisotopic (exact) mass is 167 g/mol. The Bertz CT molecular complexity index is 276. The van der Waals surface area contributed by atoms with Crippen molar-refractivity contribution < 1.29 is 9.18 Å². The van der Waals surface area contributed by atoms with E-state index in [4.69, 9.17) is 0 Å². The van der Waals surface area contributed by atoms with Crippen LogP contribution in [0.3, 0.4) is 0 Å². The number of hydrogen-bond acceptors (Lipinski definition) is 2. The minimum Gasteiger partial charge on any atom is -0.391 e. The first-order valence-corrected chi connectivity index (χ1v) is 3.66. The van der Waals surface area contributed by atoms with Crippen LogP contribution < -0.4 is 5.32 Å². The summed E-state index contributed by atoms with van der Waals surface area (Å²) in [5, 5.41) is 2.84. The quantitative estimate of drug-likeness (QED) is 0.631. The Morgan fingerprint density at radius 3 is 2.92 bits per heavy atom. The van der Waals surface area contributed by atoms with E-state index < -0.39 is 0 Å². The first-order chi connectivity index (χ1) is 5.76. The molecule has 0 aromatic heterocycles. The normalized spacial score (nSPS) is 17.0. The van der Waals surface area contributed by atoms with Crippen molar-refractivity contribution in [2.45, 2.75) is 6.42 Å². The van der Waals surface area contributed by atoms with Crippen LogP contribution in [0, 0.1) is 0 Å². The molecule has 12 heavy (non-hydrogen) atoms. The lowest BCUT2D eigenvalue weighted by atomic mass is 10.2. The second kappa shape index (κ2) is 3.85. The maximum absolute atomic E-state index is 12.9. The molecule has 3 heteroatoms. The van der Waals surface area contributed by atoms with E-state index >= 15 is 0 Å². The minimum atomic E-state index is -0.300. The Hall–Kier alpha value is -1.38. The first-order valence-electron chi connectivity index (χ1n) is 3.66. The topological polar surface area (TPSA) is 29.1 Å². The molecule has 0 radical (unpaired) electrons. The Kier molecular flexibility index (Phi) is 2.80. The zero-order chi connectivity index (χ0) is 8.97. The van der Waals surface area contributed by atoms with Gasteiger partial charge in [-0.05, 0) is 18.2 Å². The number of nitrogens with one attached hydrogen (secondary N) is 1. The average Bonchev–Trinajstić information content (AvgIpc) is 2.26. The van der Waals surface area contributed by atoms with Gasteiger partial charge in [0.05, 0.1) is 0 Å². The van der Waals surface area contributed by atoms with Crippen LogP contribution in [0.4, 0.5) is 4.39 Å². The maximum Gasteiger partial charge on any atom is 0.150 e. The minimum absolute atomic E-state index is 0.227. The van der Waals surface area contributed by atoms with Crippen molar-refractivity contribution in [2.75, 3.05) is 7.05 Å². The van der Waals surface area contributed by atoms with Crippen molar-refractivity contribution in [1.29, 1.82) is 0 Å². The van der Waals surface area contributed by atoms with Crippen LogP contribution in [0.2, 0.25) is 0 Å². The van der Waals surface area contributed by atoms with Gasteiger partial charge in [0.1, 0.15) is 12.1 Å². The summed E-state index contributed by atoms with van der Waals surface area (Å²) in [6.45, 7) is 0. The molecule has 0 heterocycles. The summed E-state index contributed by atoms with van der Waals surface area (Å²) < 4.78 is 12.9. The fourth-order valence-corrected chi connectivity index (χ4v) is 0.963. The number of allylic oxidation sites excluding steroid dienone is 5. The molecule has 0 aromatic carbocycles. The Labute approximate surface area is 70.5 Å². The van der Waals surface area contributed by atoms with Crippen LogP contribution in [-0.2, 0) is 4.79 Å². The molecule has 0 atom stereocenters. The molecule has 1 aliphatic rings. The molecule has 0 amide bonds. The van der Waals surface area contributed by atoms with Gasteiger partial charge in [0.15, 0.2) is 0 Å². The molecule has 2 nitrogen and oxygen atoms in total. The molecule has 1 rings (SSSR count). The highest BCUT2D eigenvalue weighted by molar-refractivity contribution is 5.78. The third-order valence-electron chi connectivity index (χ3n) is 1.62. The third kappa shape index (κ3) is 2.05. The van der Waals surface area contributed by atoms with E-state index in [0.717, 1.165) is 5.70 Å². The summed E-state index contributed by atoms with van der Waals surface area (Å²) in [7, 11) is 1.72. The van der Waals surface area contributed by atoms with Gasteiger partial charge in [-0.2, -0.15) is 0 Å². The molecule has 0 aliphatic heterocycles. The number of aldehydes is 1. The smallest absolute Gasteiger partial charge is 0.150 e. The predicted molar refractivity (Wildman–Crippen MR) is 45.1 cm³/mol. The second-order valence-corrected chi connectivity index (χ2v) is 2.49. The van der Waals surface area contributed by atoms with Gasteiger partial charge in [0, 0.05) is 24.7 Å². The molecule has 0 fully saturated rings. The van der Waals surface area contributed by atoms with Crippen molar-refractivity contribution >= 4 is 6.29 Å². The molecular formula is C9H10FNO. The van der Waals surface area contributed by atoms with Gasteiger partial charge in [-0.1, -0.05) is 0 Å². The van der Waals surface area contributed by atoms with E-state index in [-0.39, 0.29) is 12.2 Å². The standard InChI is InChI=1S/C9H10FNO/c1-11-9-3-2-7(6-12)4-8(10)5-9/h2-4,6,11H,5H2,1H3. The lowest BCUT2D eigenvalue weighted by Crippen LogP contribution is -2.04. The summed E-state index contributed by atoms with van der Waals surface area (Å²) in [4.78, 5) is 10.3. The van der Waals surface area contributed by atoms with Crippen molar-refractivity contribution in [2.24, 2.45) is 0 Å². The van der Waals surface area contributed by atoms with Gasteiger partial charge in [0.25, 0.3) is 0 Å². The van der Waals surface area contributed by atoms with Gasteiger partial charge in [-0.3, -0.25) is 4.79 Å². The fraction of sp³-hybridized carbons (Fsp3) is 0.222. The summed E-state index contributed by atoms with van der Waals surface area (Å²) in [6.07, 6.45) is 5.39. The Morgan fingerprint density at radius 2 is 2.33 bits per heavy atom. The highest BCUT2D eigenvalue weighted by Crippen LogP contribution is 2.15. The Morgan fingerprint density at radius 1 is 1.58 bits per heavy atom. The fourth-order valence-electron chi connectivity index (χ4n) is 0.963. The largest absolute Gasteiger partial charge is 0.391 e. The molecule has 0 saturated carbocycles. The van der Waals surface area contributed by atoms with Crippen LogP contribution >= 0.6 is 0 Å². The predicted octanol–water partition coefficient (Wildman–Crippen LogP) is 1.47. The molecule has 1 N–H and O–H groups in total. The van der Waals surface area contributed by atoms with Gasteiger partial charge in [0.2, 0.25) is 0 Å². The summed E-state index contributed by atoms with van der Waals surface area (Å²) in [5.41, 5.74) is 1.12. The van der Waals surface area contributed by atoms with E-state index in [1.807, 2.05) is 0 Å². The molecular weight excluding hydrogens is 157 g/mol. The van der Waals surface area contributed by atoms with E-state index in [1.165, 1.54) is 6.08 Å². The van der Waals surface area contributed by atoms with E-state index in [2.05, 4.69) is 5.32 Å². The SMILES string of the molecule is CNC1=CC=C(C=O)C=C(F)C1. The summed E-state index contributed by atoms with van der Waals surface area (Å²) in [6, 6.07) is 0. The molecule has 0 saturated heterocycles. The van der Waals surface area contributed by atoms with Gasteiger partial charge in [-0.15, -0.1) is 0 Å². The molecule has 1 aliphatic carbocycles. The van der Waals surface area contributed by atoms with Gasteiger partial charge in [-0.25, -0.2) is 4.39 Å². The highest BCUT2D eigenvalue weighted by Gasteiger charge is 2.04.